The lowest BCUT2D eigenvalue weighted by atomic mass is 10.0. The Bertz CT molecular complexity index is 1990. The van der Waals surface area contributed by atoms with Crippen molar-refractivity contribution >= 4 is 76.6 Å². The molecular weight excluding hydrogens is 775 g/mol. The van der Waals surface area contributed by atoms with Crippen molar-refractivity contribution in [1.82, 2.24) is 20.4 Å². The van der Waals surface area contributed by atoms with Crippen molar-refractivity contribution in [2.75, 3.05) is 38.9 Å². The molecule has 292 valence electrons. The first kappa shape index (κ1) is 39.9. The Morgan fingerprint density at radius 2 is 1.55 bits per heavy atom. The molecule has 3 aliphatic rings. The minimum absolute atomic E-state index is 0.00656. The van der Waals surface area contributed by atoms with E-state index in [-0.39, 0.29) is 39.9 Å². The van der Waals surface area contributed by atoms with Gasteiger partial charge in [0.05, 0.1) is 19.1 Å². The third kappa shape index (κ3) is 8.14. The fraction of sp³-hybridized carbons (Fsp3) is 0.323. The number of carbonyl (C=O) groups is 7. The van der Waals surface area contributed by atoms with Crippen molar-refractivity contribution < 1.29 is 72.1 Å². The van der Waals surface area contributed by atoms with Crippen LogP contribution >= 0.6 is 23.5 Å². The third-order valence-electron chi connectivity index (χ3n) is 7.94. The number of carbonyl (C=O) groups excluding carboxylic acids is 5. The first-order valence-corrected chi connectivity index (χ1v) is 17.7. The van der Waals surface area contributed by atoms with Gasteiger partial charge in [-0.3, -0.25) is 29.0 Å². The molecular formula is C31H31N7O15S2. The molecule has 0 bridgehead atoms. The molecule has 2 aromatic heterocycles. The first-order chi connectivity index (χ1) is 26.3. The van der Waals surface area contributed by atoms with Crippen molar-refractivity contribution in [2.45, 2.75) is 22.8 Å². The van der Waals surface area contributed by atoms with Gasteiger partial charge in [0, 0.05) is 17.1 Å². The molecule has 0 spiro atoms. The van der Waals surface area contributed by atoms with Gasteiger partial charge in [-0.2, -0.15) is 0 Å². The number of thioether (sulfide) groups is 2. The SMILES string of the molecule is CO/N=C(\C(=O)N[C@H](C(=O)O)[C@H]1SCC(CO)=C(C(=O)O)N1C(=O)C1=C(COC(N)=O)CS[C@@H]2[C@H](NC(=O)/C(=N\OC)c3ccco3)C(=O)N12)c1ccco1. The van der Waals surface area contributed by atoms with Gasteiger partial charge >= 0.3 is 18.0 Å². The number of nitrogens with two attached hydrogens (primary N) is 1. The van der Waals surface area contributed by atoms with Gasteiger partial charge in [-0.1, -0.05) is 10.3 Å². The highest BCUT2D eigenvalue weighted by molar-refractivity contribution is 8.00. The molecule has 0 radical (unpaired) electrons. The van der Waals surface area contributed by atoms with E-state index in [0.29, 0.717) is 16.7 Å². The van der Waals surface area contributed by atoms with E-state index in [4.69, 9.17) is 29.0 Å². The number of hydrogen-bond donors (Lipinski definition) is 6. The third-order valence-corrected chi connectivity index (χ3v) is 10.6. The number of primary amides is 1. The molecule has 5 rings (SSSR count). The van der Waals surface area contributed by atoms with Crippen LogP contribution in [0.3, 0.4) is 0 Å². The van der Waals surface area contributed by atoms with Crippen LogP contribution in [0.1, 0.15) is 11.5 Å². The van der Waals surface area contributed by atoms with Gasteiger partial charge in [-0.15, -0.1) is 23.5 Å². The van der Waals surface area contributed by atoms with Crippen molar-refractivity contribution in [3.63, 3.8) is 0 Å². The Morgan fingerprint density at radius 1 is 0.945 bits per heavy atom. The highest BCUT2D eigenvalue weighted by atomic mass is 32.2. The van der Waals surface area contributed by atoms with Crippen LogP contribution in [0.15, 0.2) is 78.5 Å². The molecule has 22 nitrogen and oxygen atoms in total. The minimum atomic E-state index is -2.08. The van der Waals surface area contributed by atoms with Crippen molar-refractivity contribution in [3.05, 3.63) is 70.9 Å². The molecule has 1 saturated heterocycles. The molecule has 5 amide bonds. The summed E-state index contributed by atoms with van der Waals surface area (Å²) >= 11 is 1.71. The Labute approximate surface area is 317 Å². The summed E-state index contributed by atoms with van der Waals surface area (Å²) in [5, 5.41) is 40.1. The van der Waals surface area contributed by atoms with Gasteiger partial charge in [-0.25, -0.2) is 14.4 Å². The second-order valence-corrected chi connectivity index (χ2v) is 13.4. The molecule has 0 unspecified atom stereocenters. The summed E-state index contributed by atoms with van der Waals surface area (Å²) in [5.41, 5.74) is 2.71. The van der Waals surface area contributed by atoms with Crippen molar-refractivity contribution in [3.8, 4) is 0 Å². The molecule has 0 aliphatic carbocycles. The van der Waals surface area contributed by atoms with Crippen molar-refractivity contribution in [2.24, 2.45) is 16.0 Å². The second kappa shape index (κ2) is 17.3. The normalized spacial score (nSPS) is 20.6. The number of aliphatic hydroxyl groups excluding tert-OH is 1. The highest BCUT2D eigenvalue weighted by Gasteiger charge is 2.56. The van der Waals surface area contributed by atoms with Crippen LogP contribution in [0.25, 0.3) is 0 Å². The number of nitrogens with zero attached hydrogens (tertiary/aromatic N) is 4. The van der Waals surface area contributed by atoms with Crippen LogP contribution in [-0.2, 0) is 43.2 Å². The zero-order valence-corrected chi connectivity index (χ0v) is 30.2. The van der Waals surface area contributed by atoms with E-state index in [1.807, 2.05) is 0 Å². The monoisotopic (exact) mass is 805 g/mol. The van der Waals surface area contributed by atoms with E-state index in [9.17, 15) is 48.9 Å². The lowest BCUT2D eigenvalue weighted by molar-refractivity contribution is -0.150. The van der Waals surface area contributed by atoms with Crippen LogP contribution in [0, 0.1) is 0 Å². The van der Waals surface area contributed by atoms with Crippen LogP contribution in [0.2, 0.25) is 0 Å². The summed E-state index contributed by atoms with van der Waals surface area (Å²) in [6.45, 7) is -1.55. The van der Waals surface area contributed by atoms with Gasteiger partial charge in [0.25, 0.3) is 23.6 Å². The van der Waals surface area contributed by atoms with Gasteiger partial charge in [0.2, 0.25) is 11.4 Å². The molecule has 3 aliphatic heterocycles. The number of ether oxygens (including phenoxy) is 1. The average molecular weight is 806 g/mol. The maximum atomic E-state index is 14.8. The van der Waals surface area contributed by atoms with E-state index in [1.165, 1.54) is 43.9 Å². The number of rotatable bonds is 15. The maximum absolute atomic E-state index is 14.8. The Hall–Kier alpha value is -6.27. The quantitative estimate of drug-likeness (QED) is 0.0701. The van der Waals surface area contributed by atoms with Crippen LogP contribution in [-0.4, -0.2) is 140 Å². The standard InChI is InChI=1S/C31H31N7O15S2/c1-49-35-17(15-5-3-7-51-15)23(40)33-19-25(42)37-21(14(10-53-31(32)48)12-55-27(19)37)26(43)38-22(30(46)47)13(9-39)11-54-28(38)20(29(44)45)34-24(41)18(36-50-2)16-6-4-8-52-16/h3-8,19-20,27-28,39H,9-12H2,1-2H3,(H2,32,48)(H,33,40)(H,34,41)(H,44,45)(H,46,47)/b35-17-,36-18-/t19-,20+,27-,28-/m1/s1. The van der Waals surface area contributed by atoms with Gasteiger partial charge in [0.1, 0.15) is 49.0 Å². The number of aliphatic carboxylic acids is 2. The summed E-state index contributed by atoms with van der Waals surface area (Å²) in [7, 11) is 2.30. The molecule has 2 aromatic rings. The van der Waals surface area contributed by atoms with Crippen LogP contribution < -0.4 is 16.4 Å². The van der Waals surface area contributed by atoms with E-state index in [0.717, 1.165) is 23.8 Å². The summed E-state index contributed by atoms with van der Waals surface area (Å²) in [6, 6.07) is 2.28. The number of β-lactam (4-membered cyclic amide) rings is 1. The van der Waals surface area contributed by atoms with Gasteiger partial charge in [-0.05, 0) is 29.8 Å². The second-order valence-electron chi connectivity index (χ2n) is 11.2. The lowest BCUT2D eigenvalue weighted by Gasteiger charge is -2.51. The lowest BCUT2D eigenvalue weighted by Crippen LogP contribution is -2.72. The topological polar surface area (TPSA) is 315 Å². The summed E-state index contributed by atoms with van der Waals surface area (Å²) in [5.74, 6) is -8.29. The molecule has 0 saturated carbocycles. The molecule has 7 N–H and O–H groups in total. The molecule has 5 heterocycles. The number of oxime groups is 2. The number of hydrogen-bond acceptors (Lipinski definition) is 17. The van der Waals surface area contributed by atoms with Crippen LogP contribution in [0.4, 0.5) is 4.79 Å². The van der Waals surface area contributed by atoms with Gasteiger partial charge in [0.15, 0.2) is 17.6 Å². The number of fused-ring (bicyclic) bond motifs is 1. The summed E-state index contributed by atoms with van der Waals surface area (Å²) in [6.07, 6.45) is 1.23. The van der Waals surface area contributed by atoms with E-state index < -0.39 is 94.8 Å². The number of carboxylic acids is 2. The Balaban J connectivity index is 1.55. The molecule has 0 aromatic carbocycles. The first-order valence-electron chi connectivity index (χ1n) is 15.6. The fourth-order valence-electron chi connectivity index (χ4n) is 5.61. The highest BCUT2D eigenvalue weighted by Crippen LogP contribution is 2.43. The Kier molecular flexibility index (Phi) is 12.5. The van der Waals surface area contributed by atoms with E-state index in [1.54, 1.807) is 0 Å². The molecule has 1 fully saturated rings. The molecule has 4 atom stereocenters. The number of furan rings is 2. The van der Waals surface area contributed by atoms with Crippen molar-refractivity contribution in [1.29, 1.82) is 0 Å². The fourth-order valence-corrected chi connectivity index (χ4v) is 8.26. The number of amides is 5. The number of nitrogens with one attached hydrogen (secondary N) is 2. The smallest absolute Gasteiger partial charge is 0.404 e. The van der Waals surface area contributed by atoms with Crippen LogP contribution in [0.5, 0.6) is 0 Å². The number of carboxylic acid groups (broad SMARTS) is 2. The van der Waals surface area contributed by atoms with Gasteiger partial charge < -0.3 is 54.9 Å². The zero-order valence-electron chi connectivity index (χ0n) is 28.5. The van der Waals surface area contributed by atoms with E-state index >= 15 is 0 Å². The largest absolute Gasteiger partial charge is 0.480 e. The zero-order chi connectivity index (χ0) is 40.0. The molecule has 24 heteroatoms. The maximum Gasteiger partial charge on any atom is 0.404 e. The predicted molar refractivity (Wildman–Crippen MR) is 186 cm³/mol. The number of aliphatic hydroxyl groups is 1. The summed E-state index contributed by atoms with van der Waals surface area (Å²) in [4.78, 5) is 104. The minimum Gasteiger partial charge on any atom is -0.480 e. The Morgan fingerprint density at radius 3 is 2.05 bits per heavy atom. The predicted octanol–water partition coefficient (Wildman–Crippen LogP) is -1.17. The molecule has 55 heavy (non-hydrogen) atoms. The average Bonchev–Trinajstić information content (AvgIpc) is 3.90. The van der Waals surface area contributed by atoms with E-state index in [2.05, 4.69) is 20.9 Å². The summed E-state index contributed by atoms with van der Waals surface area (Å²) < 4.78 is 15.4.